The van der Waals surface area contributed by atoms with Gasteiger partial charge < -0.3 is 25.6 Å². The third-order valence-corrected chi connectivity index (χ3v) is 2.32. The van der Waals surface area contributed by atoms with Crippen molar-refractivity contribution >= 4 is 11.6 Å². The Balaban J connectivity index is 2.56. The molecule has 1 rings (SSSR count). The van der Waals surface area contributed by atoms with E-state index in [-0.39, 0.29) is 23.1 Å². The van der Waals surface area contributed by atoms with Crippen molar-refractivity contribution in [2.75, 3.05) is 26.0 Å². The maximum absolute atomic E-state index is 11.6. The highest BCUT2D eigenvalue weighted by Crippen LogP contribution is 2.30. The summed E-state index contributed by atoms with van der Waals surface area (Å²) >= 11 is 0. The summed E-state index contributed by atoms with van der Waals surface area (Å²) in [5.74, 6) is -0.0568. The van der Waals surface area contributed by atoms with Crippen LogP contribution in [-0.2, 0) is 9.53 Å². The summed E-state index contributed by atoms with van der Waals surface area (Å²) in [6, 6.07) is 4.64. The van der Waals surface area contributed by atoms with E-state index in [1.165, 1.54) is 6.07 Å². The number of carbonyl (C=O) groups excluding carboxylic acids is 1. The van der Waals surface area contributed by atoms with Gasteiger partial charge in [-0.1, -0.05) is 6.07 Å². The van der Waals surface area contributed by atoms with Gasteiger partial charge in [-0.3, -0.25) is 4.79 Å². The monoisotopic (exact) mass is 254 g/mol. The van der Waals surface area contributed by atoms with Crippen molar-refractivity contribution < 1.29 is 19.4 Å². The predicted molar refractivity (Wildman–Crippen MR) is 67.5 cm³/mol. The molecule has 6 heteroatoms. The van der Waals surface area contributed by atoms with Gasteiger partial charge in [0, 0.05) is 13.7 Å². The van der Waals surface area contributed by atoms with Gasteiger partial charge in [0.05, 0.1) is 6.61 Å². The molecule has 0 spiro atoms. The molecule has 18 heavy (non-hydrogen) atoms. The van der Waals surface area contributed by atoms with Crippen molar-refractivity contribution in [3.63, 3.8) is 0 Å². The van der Waals surface area contributed by atoms with Crippen LogP contribution in [-0.4, -0.2) is 37.4 Å². The molecule has 0 saturated carbocycles. The van der Waals surface area contributed by atoms with Crippen LogP contribution in [0.5, 0.6) is 11.5 Å². The smallest absolute Gasteiger partial charge is 0.260 e. The SMILES string of the molecule is COCCNC(=O)C(C)Oc1cccc(O)c1N. The minimum Gasteiger partial charge on any atom is -0.506 e. The molecule has 0 fully saturated rings. The molecular formula is C12H18N2O4. The molecule has 0 aliphatic heterocycles. The van der Waals surface area contributed by atoms with E-state index >= 15 is 0 Å². The first-order chi connectivity index (χ1) is 8.56. The van der Waals surface area contributed by atoms with E-state index in [1.54, 1.807) is 26.2 Å². The summed E-state index contributed by atoms with van der Waals surface area (Å²) in [6.45, 7) is 2.46. The number of anilines is 1. The Morgan fingerprint density at radius 1 is 1.56 bits per heavy atom. The number of amides is 1. The number of phenols is 1. The van der Waals surface area contributed by atoms with Crippen molar-refractivity contribution in [2.24, 2.45) is 0 Å². The van der Waals surface area contributed by atoms with Gasteiger partial charge >= 0.3 is 0 Å². The first kappa shape index (κ1) is 14.1. The summed E-state index contributed by atoms with van der Waals surface area (Å²) in [4.78, 5) is 11.6. The maximum Gasteiger partial charge on any atom is 0.260 e. The zero-order valence-corrected chi connectivity index (χ0v) is 10.5. The van der Waals surface area contributed by atoms with Crippen molar-refractivity contribution in [3.05, 3.63) is 18.2 Å². The highest BCUT2D eigenvalue weighted by atomic mass is 16.5. The Hall–Kier alpha value is -1.95. The highest BCUT2D eigenvalue weighted by Gasteiger charge is 2.16. The second-order valence-electron chi connectivity index (χ2n) is 3.73. The largest absolute Gasteiger partial charge is 0.506 e. The number of phenolic OH excluding ortho intramolecular Hbond substituents is 1. The Labute approximate surface area is 106 Å². The Bertz CT molecular complexity index is 409. The highest BCUT2D eigenvalue weighted by molar-refractivity contribution is 5.81. The number of para-hydroxylation sites is 1. The number of ether oxygens (including phenoxy) is 2. The second-order valence-corrected chi connectivity index (χ2v) is 3.73. The Kier molecular flexibility index (Phi) is 5.26. The number of nitrogens with two attached hydrogens (primary N) is 1. The van der Waals surface area contributed by atoms with E-state index in [0.29, 0.717) is 13.2 Å². The zero-order valence-electron chi connectivity index (χ0n) is 10.5. The summed E-state index contributed by atoms with van der Waals surface area (Å²) < 4.78 is 10.2. The minimum absolute atomic E-state index is 0.0699. The molecule has 0 aliphatic rings. The molecule has 0 aliphatic carbocycles. The second kappa shape index (κ2) is 6.70. The molecule has 1 aromatic carbocycles. The van der Waals surface area contributed by atoms with Crippen LogP contribution in [0.25, 0.3) is 0 Å². The topological polar surface area (TPSA) is 93.8 Å². The number of rotatable bonds is 6. The van der Waals surface area contributed by atoms with E-state index in [0.717, 1.165) is 0 Å². The first-order valence-electron chi connectivity index (χ1n) is 5.57. The lowest BCUT2D eigenvalue weighted by molar-refractivity contribution is -0.127. The molecule has 1 amide bonds. The average molecular weight is 254 g/mol. The fraction of sp³-hybridized carbons (Fsp3) is 0.417. The molecule has 1 aromatic rings. The van der Waals surface area contributed by atoms with E-state index in [1.807, 2.05) is 0 Å². The van der Waals surface area contributed by atoms with E-state index in [2.05, 4.69) is 5.32 Å². The minimum atomic E-state index is -0.703. The number of nitrogen functional groups attached to an aromatic ring is 1. The number of nitrogens with one attached hydrogen (secondary N) is 1. The normalized spacial score (nSPS) is 11.9. The van der Waals surface area contributed by atoms with Crippen LogP contribution in [0.1, 0.15) is 6.92 Å². The van der Waals surface area contributed by atoms with Gasteiger partial charge in [-0.05, 0) is 19.1 Å². The number of benzene rings is 1. The number of methoxy groups -OCH3 is 1. The lowest BCUT2D eigenvalue weighted by Gasteiger charge is -2.16. The van der Waals surface area contributed by atoms with Crippen LogP contribution >= 0.6 is 0 Å². The van der Waals surface area contributed by atoms with Crippen LogP contribution in [0.4, 0.5) is 5.69 Å². The fourth-order valence-electron chi connectivity index (χ4n) is 1.30. The maximum atomic E-state index is 11.6. The van der Waals surface area contributed by atoms with Crippen LogP contribution in [0.15, 0.2) is 18.2 Å². The van der Waals surface area contributed by atoms with Gasteiger partial charge in [-0.15, -0.1) is 0 Å². The molecular weight excluding hydrogens is 236 g/mol. The third kappa shape index (κ3) is 3.81. The molecule has 0 saturated heterocycles. The molecule has 4 N–H and O–H groups in total. The van der Waals surface area contributed by atoms with Crippen molar-refractivity contribution in [2.45, 2.75) is 13.0 Å². The molecule has 0 heterocycles. The third-order valence-electron chi connectivity index (χ3n) is 2.32. The van der Waals surface area contributed by atoms with E-state index in [4.69, 9.17) is 15.2 Å². The number of hydrogen-bond donors (Lipinski definition) is 3. The summed E-state index contributed by atoms with van der Waals surface area (Å²) in [5.41, 5.74) is 5.75. The van der Waals surface area contributed by atoms with Gasteiger partial charge in [-0.25, -0.2) is 0 Å². The molecule has 1 unspecified atom stereocenters. The van der Waals surface area contributed by atoms with Gasteiger partial charge in [0.25, 0.3) is 5.91 Å². The van der Waals surface area contributed by atoms with E-state index in [9.17, 15) is 9.90 Å². The number of aromatic hydroxyl groups is 1. The summed E-state index contributed by atoms with van der Waals surface area (Å²) in [6.07, 6.45) is -0.703. The standard InChI is InChI=1S/C12H18N2O4/c1-8(12(16)14-6-7-17-2)18-10-5-3-4-9(15)11(10)13/h3-5,8,15H,6-7,13H2,1-2H3,(H,14,16). The molecule has 0 radical (unpaired) electrons. The number of hydrogen-bond acceptors (Lipinski definition) is 5. The van der Waals surface area contributed by atoms with Crippen LogP contribution in [0, 0.1) is 0 Å². The van der Waals surface area contributed by atoms with E-state index < -0.39 is 6.10 Å². The molecule has 0 aromatic heterocycles. The molecule has 1 atom stereocenters. The molecule has 100 valence electrons. The summed E-state index contributed by atoms with van der Waals surface area (Å²) in [7, 11) is 1.56. The van der Waals surface area contributed by atoms with Gasteiger partial charge in [0.1, 0.15) is 17.2 Å². The Morgan fingerprint density at radius 2 is 2.28 bits per heavy atom. The molecule has 0 bridgehead atoms. The average Bonchev–Trinajstić information content (AvgIpc) is 2.35. The van der Waals surface area contributed by atoms with Gasteiger partial charge in [-0.2, -0.15) is 0 Å². The lowest BCUT2D eigenvalue weighted by Crippen LogP contribution is -2.38. The van der Waals surface area contributed by atoms with Gasteiger partial charge in [0.2, 0.25) is 0 Å². The van der Waals surface area contributed by atoms with Crippen LogP contribution < -0.4 is 15.8 Å². The predicted octanol–water partition coefficient (Wildman–Crippen LogP) is 0.504. The van der Waals surface area contributed by atoms with Crippen molar-refractivity contribution in [1.82, 2.24) is 5.32 Å². The lowest BCUT2D eigenvalue weighted by atomic mass is 10.2. The van der Waals surface area contributed by atoms with Gasteiger partial charge in [0.15, 0.2) is 6.10 Å². The van der Waals surface area contributed by atoms with Crippen LogP contribution in [0.3, 0.4) is 0 Å². The van der Waals surface area contributed by atoms with Crippen LogP contribution in [0.2, 0.25) is 0 Å². The summed E-state index contributed by atoms with van der Waals surface area (Å²) in [5, 5.41) is 12.0. The molecule has 6 nitrogen and oxygen atoms in total. The quantitative estimate of drug-likeness (QED) is 0.390. The first-order valence-corrected chi connectivity index (χ1v) is 5.57. The number of carbonyl (C=O) groups is 1. The Morgan fingerprint density at radius 3 is 2.94 bits per heavy atom. The fourth-order valence-corrected chi connectivity index (χ4v) is 1.30. The van der Waals surface area contributed by atoms with Crippen molar-refractivity contribution in [1.29, 1.82) is 0 Å². The zero-order chi connectivity index (χ0) is 13.5. The van der Waals surface area contributed by atoms with Crippen molar-refractivity contribution in [3.8, 4) is 11.5 Å².